The summed E-state index contributed by atoms with van der Waals surface area (Å²) in [6, 6.07) is 7.98. The van der Waals surface area contributed by atoms with Crippen LogP contribution < -0.4 is 10.6 Å². The van der Waals surface area contributed by atoms with Gasteiger partial charge < -0.3 is 10.6 Å². The summed E-state index contributed by atoms with van der Waals surface area (Å²) < 4.78 is 0. The maximum Gasteiger partial charge on any atom is 0.131 e. The Morgan fingerprint density at radius 2 is 2.06 bits per heavy atom. The van der Waals surface area contributed by atoms with Crippen LogP contribution in [0.4, 0.5) is 11.5 Å². The highest BCUT2D eigenvalue weighted by atomic mass is 15.2. The Kier molecular flexibility index (Phi) is 3.46. The summed E-state index contributed by atoms with van der Waals surface area (Å²) in [7, 11) is 2.01. The molecule has 0 spiro atoms. The monoisotopic (exact) mass is 242 g/mol. The smallest absolute Gasteiger partial charge is 0.131 e. The zero-order chi connectivity index (χ0) is 13.1. The molecule has 0 amide bonds. The standard InChI is InChI=1S/C14H18N4/c1-10-7-12(15)8-16-14(10)18(3)9-13-6-4-5-11(2)17-13/h4-8H,9,15H2,1-3H3. The summed E-state index contributed by atoms with van der Waals surface area (Å²) in [5.74, 6) is 0.938. The van der Waals surface area contributed by atoms with Gasteiger partial charge in [0.15, 0.2) is 0 Å². The second kappa shape index (κ2) is 5.04. The zero-order valence-corrected chi connectivity index (χ0v) is 11.0. The van der Waals surface area contributed by atoms with E-state index in [0.29, 0.717) is 5.69 Å². The molecule has 0 unspecified atom stereocenters. The van der Waals surface area contributed by atoms with Gasteiger partial charge in [-0.3, -0.25) is 4.98 Å². The minimum atomic E-state index is 0.693. The van der Waals surface area contributed by atoms with Crippen molar-refractivity contribution >= 4 is 11.5 Å². The summed E-state index contributed by atoms with van der Waals surface area (Å²) in [4.78, 5) is 10.9. The Labute approximate surface area is 107 Å². The van der Waals surface area contributed by atoms with E-state index in [1.165, 1.54) is 0 Å². The van der Waals surface area contributed by atoms with Gasteiger partial charge in [-0.1, -0.05) is 6.07 Å². The second-order valence-corrected chi connectivity index (χ2v) is 4.54. The molecule has 0 aliphatic heterocycles. The lowest BCUT2D eigenvalue weighted by molar-refractivity contribution is 0.854. The maximum atomic E-state index is 5.71. The molecular formula is C14H18N4. The van der Waals surface area contributed by atoms with E-state index < -0.39 is 0 Å². The molecule has 0 saturated carbocycles. The minimum Gasteiger partial charge on any atom is -0.397 e. The van der Waals surface area contributed by atoms with Crippen molar-refractivity contribution in [3.63, 3.8) is 0 Å². The Bertz CT molecular complexity index is 551. The first kappa shape index (κ1) is 12.4. The summed E-state index contributed by atoms with van der Waals surface area (Å²) in [6.07, 6.45) is 1.68. The highest BCUT2D eigenvalue weighted by molar-refractivity contribution is 5.52. The quantitative estimate of drug-likeness (QED) is 0.897. The minimum absolute atomic E-state index is 0.693. The van der Waals surface area contributed by atoms with E-state index in [1.807, 2.05) is 45.2 Å². The number of rotatable bonds is 3. The molecule has 0 aliphatic carbocycles. The number of hydrogen-bond donors (Lipinski definition) is 1. The molecule has 0 radical (unpaired) electrons. The third-order valence-electron chi connectivity index (χ3n) is 2.78. The van der Waals surface area contributed by atoms with Gasteiger partial charge in [0, 0.05) is 12.7 Å². The van der Waals surface area contributed by atoms with E-state index in [0.717, 1.165) is 29.3 Å². The van der Waals surface area contributed by atoms with Crippen molar-refractivity contribution in [2.45, 2.75) is 20.4 Å². The number of pyridine rings is 2. The van der Waals surface area contributed by atoms with Crippen LogP contribution in [-0.2, 0) is 6.54 Å². The number of nitrogens with two attached hydrogens (primary N) is 1. The number of anilines is 2. The Morgan fingerprint density at radius 1 is 1.28 bits per heavy atom. The number of hydrogen-bond acceptors (Lipinski definition) is 4. The topological polar surface area (TPSA) is 55.0 Å². The van der Waals surface area contributed by atoms with E-state index in [1.54, 1.807) is 6.20 Å². The Morgan fingerprint density at radius 3 is 2.72 bits per heavy atom. The van der Waals surface area contributed by atoms with Gasteiger partial charge in [0.1, 0.15) is 5.82 Å². The van der Waals surface area contributed by atoms with Crippen LogP contribution in [0.2, 0.25) is 0 Å². The summed E-state index contributed by atoms with van der Waals surface area (Å²) in [5, 5.41) is 0. The lowest BCUT2D eigenvalue weighted by Gasteiger charge is -2.20. The van der Waals surface area contributed by atoms with Gasteiger partial charge in [-0.25, -0.2) is 4.98 Å². The highest BCUT2D eigenvalue weighted by Crippen LogP contribution is 2.19. The van der Waals surface area contributed by atoms with Gasteiger partial charge in [0.2, 0.25) is 0 Å². The molecule has 4 heteroatoms. The Balaban J connectivity index is 2.19. The summed E-state index contributed by atoms with van der Waals surface area (Å²) in [5.41, 5.74) is 9.54. The average molecular weight is 242 g/mol. The van der Waals surface area contributed by atoms with Crippen LogP contribution in [-0.4, -0.2) is 17.0 Å². The molecule has 4 nitrogen and oxygen atoms in total. The first-order valence-electron chi connectivity index (χ1n) is 5.92. The van der Waals surface area contributed by atoms with Gasteiger partial charge in [-0.05, 0) is 37.6 Å². The van der Waals surface area contributed by atoms with Gasteiger partial charge in [0.05, 0.1) is 24.1 Å². The lowest BCUT2D eigenvalue weighted by Crippen LogP contribution is -2.19. The molecule has 18 heavy (non-hydrogen) atoms. The molecule has 2 heterocycles. The third-order valence-corrected chi connectivity index (χ3v) is 2.78. The first-order valence-corrected chi connectivity index (χ1v) is 5.92. The lowest BCUT2D eigenvalue weighted by atomic mass is 10.2. The fourth-order valence-corrected chi connectivity index (χ4v) is 1.99. The number of nitrogens with zero attached hydrogens (tertiary/aromatic N) is 3. The van der Waals surface area contributed by atoms with Crippen LogP contribution in [0.5, 0.6) is 0 Å². The van der Waals surface area contributed by atoms with Crippen molar-refractivity contribution in [3.05, 3.63) is 47.4 Å². The molecule has 0 atom stereocenters. The van der Waals surface area contributed by atoms with Crippen molar-refractivity contribution in [1.29, 1.82) is 0 Å². The van der Waals surface area contributed by atoms with Crippen molar-refractivity contribution in [2.75, 3.05) is 17.7 Å². The van der Waals surface area contributed by atoms with E-state index in [-0.39, 0.29) is 0 Å². The Hall–Kier alpha value is -2.10. The molecule has 2 aromatic rings. The SMILES string of the molecule is Cc1cccc(CN(C)c2ncc(N)cc2C)n1. The molecule has 0 aliphatic rings. The molecule has 94 valence electrons. The molecule has 0 bridgehead atoms. The first-order chi connectivity index (χ1) is 8.56. The fourth-order valence-electron chi connectivity index (χ4n) is 1.99. The van der Waals surface area contributed by atoms with Crippen LogP contribution in [0, 0.1) is 13.8 Å². The van der Waals surface area contributed by atoms with Crippen LogP contribution in [0.1, 0.15) is 17.0 Å². The molecule has 2 aromatic heterocycles. The normalized spacial score (nSPS) is 10.4. The second-order valence-electron chi connectivity index (χ2n) is 4.54. The molecule has 2 rings (SSSR count). The van der Waals surface area contributed by atoms with Crippen LogP contribution in [0.15, 0.2) is 30.5 Å². The highest BCUT2D eigenvalue weighted by Gasteiger charge is 2.08. The van der Waals surface area contributed by atoms with Gasteiger partial charge in [-0.2, -0.15) is 0 Å². The predicted octanol–water partition coefficient (Wildman–Crippen LogP) is 2.31. The van der Waals surface area contributed by atoms with E-state index in [4.69, 9.17) is 5.73 Å². The van der Waals surface area contributed by atoms with Crippen LogP contribution in [0.25, 0.3) is 0 Å². The van der Waals surface area contributed by atoms with Crippen LogP contribution in [0.3, 0.4) is 0 Å². The average Bonchev–Trinajstić information content (AvgIpc) is 2.28. The molecule has 0 saturated heterocycles. The predicted molar refractivity (Wildman–Crippen MR) is 74.5 cm³/mol. The molecule has 0 fully saturated rings. The van der Waals surface area contributed by atoms with E-state index >= 15 is 0 Å². The van der Waals surface area contributed by atoms with Crippen molar-refractivity contribution in [2.24, 2.45) is 0 Å². The fraction of sp³-hybridized carbons (Fsp3) is 0.286. The van der Waals surface area contributed by atoms with Gasteiger partial charge in [0.25, 0.3) is 0 Å². The maximum absolute atomic E-state index is 5.71. The number of nitrogen functional groups attached to an aromatic ring is 1. The van der Waals surface area contributed by atoms with Crippen molar-refractivity contribution in [1.82, 2.24) is 9.97 Å². The van der Waals surface area contributed by atoms with E-state index in [9.17, 15) is 0 Å². The van der Waals surface area contributed by atoms with Crippen molar-refractivity contribution in [3.8, 4) is 0 Å². The summed E-state index contributed by atoms with van der Waals surface area (Å²) in [6.45, 7) is 4.74. The van der Waals surface area contributed by atoms with Gasteiger partial charge in [-0.15, -0.1) is 0 Å². The van der Waals surface area contributed by atoms with Crippen molar-refractivity contribution < 1.29 is 0 Å². The van der Waals surface area contributed by atoms with E-state index in [2.05, 4.69) is 14.9 Å². The number of aryl methyl sites for hydroxylation is 2. The largest absolute Gasteiger partial charge is 0.397 e. The van der Waals surface area contributed by atoms with Crippen LogP contribution >= 0.6 is 0 Å². The third kappa shape index (κ3) is 2.77. The molecule has 0 aromatic carbocycles. The number of aromatic nitrogens is 2. The van der Waals surface area contributed by atoms with Gasteiger partial charge >= 0.3 is 0 Å². The molecule has 2 N–H and O–H groups in total. The molecular weight excluding hydrogens is 224 g/mol. The summed E-state index contributed by atoms with van der Waals surface area (Å²) >= 11 is 0. The zero-order valence-electron chi connectivity index (χ0n) is 11.0.